The van der Waals surface area contributed by atoms with Gasteiger partial charge >= 0.3 is 5.97 Å². The molecule has 0 bridgehead atoms. The summed E-state index contributed by atoms with van der Waals surface area (Å²) in [5, 5.41) is 26.0. The number of aliphatic hydroxyl groups is 1. The molecular weight excluding hydrogens is 264 g/mol. The number of nitrogens with zero attached hydrogens (tertiary/aromatic N) is 4. The maximum atomic E-state index is 11.5. The molecule has 2 N–H and O–H groups in total. The van der Waals surface area contributed by atoms with Crippen molar-refractivity contribution in [2.24, 2.45) is 0 Å². The maximum Gasteiger partial charge on any atom is 0.354 e. The lowest BCUT2D eigenvalue weighted by Crippen LogP contribution is -2.49. The molecule has 2 aliphatic heterocycles. The number of carboxylic acids is 1. The van der Waals surface area contributed by atoms with Gasteiger partial charge in [-0.25, -0.2) is 9.48 Å². The summed E-state index contributed by atoms with van der Waals surface area (Å²) in [6.45, 7) is 0.0697. The third-order valence-electron chi connectivity index (χ3n) is 3.60. The van der Waals surface area contributed by atoms with Crippen LogP contribution in [-0.4, -0.2) is 54.6 Å². The van der Waals surface area contributed by atoms with Crippen molar-refractivity contribution in [1.82, 2.24) is 19.9 Å². The Bertz CT molecular complexity index is 606. The van der Waals surface area contributed by atoms with Crippen LogP contribution in [0.2, 0.25) is 0 Å². The largest absolute Gasteiger partial charge is 0.477 e. The molecule has 3 heterocycles. The lowest BCUT2D eigenvalue weighted by atomic mass is 10.0. The molecule has 1 amide bonds. The van der Waals surface area contributed by atoms with E-state index in [1.54, 1.807) is 6.20 Å². The van der Waals surface area contributed by atoms with Crippen LogP contribution in [0, 0.1) is 0 Å². The van der Waals surface area contributed by atoms with Crippen LogP contribution in [0.5, 0.6) is 0 Å². The molecule has 0 unspecified atom stereocenters. The van der Waals surface area contributed by atoms with Crippen LogP contribution in [0.25, 0.3) is 5.70 Å². The van der Waals surface area contributed by atoms with Crippen LogP contribution < -0.4 is 0 Å². The fourth-order valence-electron chi connectivity index (χ4n) is 2.65. The van der Waals surface area contributed by atoms with Gasteiger partial charge in [0.2, 0.25) is 5.91 Å². The molecule has 8 nitrogen and oxygen atoms in total. The molecule has 1 atom stereocenters. The molecule has 0 aromatic carbocycles. The monoisotopic (exact) mass is 278 g/mol. The minimum absolute atomic E-state index is 0.00450. The Hall–Kier alpha value is -2.22. The van der Waals surface area contributed by atoms with E-state index in [9.17, 15) is 14.7 Å². The van der Waals surface area contributed by atoms with Gasteiger partial charge in [-0.3, -0.25) is 4.79 Å². The zero-order chi connectivity index (χ0) is 14.3. The number of hydrogen-bond donors (Lipinski definition) is 2. The van der Waals surface area contributed by atoms with E-state index < -0.39 is 5.97 Å². The second-order valence-corrected chi connectivity index (χ2v) is 4.91. The fraction of sp³-hybridized carbons (Fsp3) is 0.500. The average Bonchev–Trinajstić information content (AvgIpc) is 2.97. The van der Waals surface area contributed by atoms with Gasteiger partial charge in [-0.05, 0) is 12.8 Å². The van der Waals surface area contributed by atoms with E-state index in [-0.39, 0.29) is 24.3 Å². The molecule has 1 saturated heterocycles. The van der Waals surface area contributed by atoms with Crippen LogP contribution in [-0.2, 0) is 16.0 Å². The Labute approximate surface area is 114 Å². The van der Waals surface area contributed by atoms with Gasteiger partial charge in [0.1, 0.15) is 0 Å². The Morgan fingerprint density at radius 2 is 2.25 bits per heavy atom. The van der Waals surface area contributed by atoms with E-state index >= 15 is 0 Å². The number of carbonyl (C=O) groups excluding carboxylic acids is 1. The van der Waals surface area contributed by atoms with E-state index in [0.717, 1.165) is 0 Å². The van der Waals surface area contributed by atoms with E-state index in [2.05, 4.69) is 10.3 Å². The number of aliphatic hydroxyl groups excluding tert-OH is 1. The maximum absolute atomic E-state index is 11.5. The van der Waals surface area contributed by atoms with Crippen molar-refractivity contribution in [3.8, 4) is 0 Å². The lowest BCUT2D eigenvalue weighted by molar-refractivity contribution is -0.147. The Morgan fingerprint density at radius 1 is 1.45 bits per heavy atom. The van der Waals surface area contributed by atoms with Crippen LogP contribution in [0.15, 0.2) is 11.9 Å². The highest BCUT2D eigenvalue weighted by molar-refractivity contribution is 6.02. The Balaban J connectivity index is 1.91. The van der Waals surface area contributed by atoms with Gasteiger partial charge in [0, 0.05) is 19.4 Å². The van der Waals surface area contributed by atoms with Crippen molar-refractivity contribution in [3.63, 3.8) is 0 Å². The highest BCUT2D eigenvalue weighted by Gasteiger charge is 2.48. The molecule has 0 saturated carbocycles. The predicted octanol–water partition coefficient (Wildman–Crippen LogP) is -0.539. The quantitative estimate of drug-likeness (QED) is 0.700. The van der Waals surface area contributed by atoms with Crippen LogP contribution in [0.4, 0.5) is 0 Å². The normalized spacial score (nSPS) is 21.1. The van der Waals surface area contributed by atoms with Gasteiger partial charge < -0.3 is 15.1 Å². The molecule has 1 aromatic heterocycles. The fourth-order valence-corrected chi connectivity index (χ4v) is 2.65. The van der Waals surface area contributed by atoms with Crippen molar-refractivity contribution in [2.45, 2.75) is 31.7 Å². The number of rotatable bonds is 5. The molecule has 0 spiro atoms. The van der Waals surface area contributed by atoms with Gasteiger partial charge in [0.25, 0.3) is 0 Å². The van der Waals surface area contributed by atoms with E-state index in [4.69, 9.17) is 5.11 Å². The van der Waals surface area contributed by atoms with Gasteiger partial charge in [0.05, 0.1) is 23.6 Å². The van der Waals surface area contributed by atoms with Gasteiger partial charge in [-0.2, -0.15) is 0 Å². The van der Waals surface area contributed by atoms with Crippen LogP contribution >= 0.6 is 0 Å². The first-order valence-electron chi connectivity index (χ1n) is 6.42. The number of aryl methyl sites for hydroxylation is 1. The Kier molecular flexibility index (Phi) is 3.01. The molecule has 1 aromatic rings. The molecule has 2 aliphatic rings. The molecule has 8 heteroatoms. The second-order valence-electron chi connectivity index (χ2n) is 4.91. The highest BCUT2D eigenvalue weighted by atomic mass is 16.4. The summed E-state index contributed by atoms with van der Waals surface area (Å²) in [4.78, 5) is 24.2. The number of fused-ring (bicyclic) bond motifs is 1. The third-order valence-corrected chi connectivity index (χ3v) is 3.60. The zero-order valence-corrected chi connectivity index (χ0v) is 10.7. The summed E-state index contributed by atoms with van der Waals surface area (Å²) in [7, 11) is 0. The SMILES string of the molecule is O=C(O)C1=C(n2cc(CCCO)nn2)C[C@@H]2CC(=O)N12. The number of carboxylic acid groups (broad SMARTS) is 1. The van der Waals surface area contributed by atoms with E-state index in [0.29, 0.717) is 37.1 Å². The van der Waals surface area contributed by atoms with Crippen molar-refractivity contribution in [3.05, 3.63) is 17.6 Å². The average molecular weight is 278 g/mol. The standard InChI is InChI=1S/C12H14N4O4/c17-3-1-2-7-6-15(14-13-7)9-4-8-5-10(18)16(8)11(9)12(19)20/h6,8,17H,1-5H2,(H,19,20)/t8-/m1/s1. The van der Waals surface area contributed by atoms with Crippen molar-refractivity contribution >= 4 is 17.6 Å². The molecule has 0 aliphatic carbocycles. The summed E-state index contributed by atoms with van der Waals surface area (Å²) in [5.74, 6) is -1.29. The first kappa shape index (κ1) is 12.8. The first-order chi connectivity index (χ1) is 9.61. The minimum atomic E-state index is -1.12. The van der Waals surface area contributed by atoms with Crippen molar-refractivity contribution in [2.75, 3.05) is 6.61 Å². The lowest BCUT2D eigenvalue weighted by Gasteiger charge is -2.34. The Morgan fingerprint density at radius 3 is 2.90 bits per heavy atom. The number of amides is 1. The summed E-state index contributed by atoms with van der Waals surface area (Å²) >= 11 is 0. The van der Waals surface area contributed by atoms with E-state index in [1.807, 2.05) is 0 Å². The number of aromatic nitrogens is 3. The first-order valence-corrected chi connectivity index (χ1v) is 6.42. The summed E-state index contributed by atoms with van der Waals surface area (Å²) < 4.78 is 1.43. The molecular formula is C12H14N4O4. The van der Waals surface area contributed by atoms with Gasteiger partial charge in [-0.15, -0.1) is 5.10 Å². The van der Waals surface area contributed by atoms with Crippen LogP contribution in [0.3, 0.4) is 0 Å². The van der Waals surface area contributed by atoms with Crippen molar-refractivity contribution < 1.29 is 19.8 Å². The van der Waals surface area contributed by atoms with E-state index in [1.165, 1.54) is 9.58 Å². The molecule has 3 rings (SSSR count). The predicted molar refractivity (Wildman–Crippen MR) is 66.1 cm³/mol. The van der Waals surface area contributed by atoms with Crippen LogP contribution in [0.1, 0.15) is 25.0 Å². The smallest absolute Gasteiger partial charge is 0.354 e. The molecule has 1 fully saturated rings. The topological polar surface area (TPSA) is 109 Å². The molecule has 106 valence electrons. The summed E-state index contributed by atoms with van der Waals surface area (Å²) in [6, 6.07) is -0.0614. The highest BCUT2D eigenvalue weighted by Crippen LogP contribution is 2.40. The molecule has 0 radical (unpaired) electrons. The summed E-state index contributed by atoms with van der Waals surface area (Å²) in [6.07, 6.45) is 3.68. The minimum Gasteiger partial charge on any atom is -0.477 e. The number of carbonyl (C=O) groups is 2. The second kappa shape index (κ2) is 4.71. The zero-order valence-electron chi connectivity index (χ0n) is 10.7. The van der Waals surface area contributed by atoms with Gasteiger partial charge in [0.15, 0.2) is 5.70 Å². The summed E-state index contributed by atoms with van der Waals surface area (Å²) in [5.41, 5.74) is 1.19. The number of hydrogen-bond acceptors (Lipinski definition) is 5. The molecule has 20 heavy (non-hydrogen) atoms. The van der Waals surface area contributed by atoms with Crippen molar-refractivity contribution in [1.29, 1.82) is 0 Å². The number of β-lactam (4-membered cyclic amide) rings is 1. The third kappa shape index (κ3) is 1.88. The number of aliphatic carboxylic acids is 1. The van der Waals surface area contributed by atoms with Gasteiger partial charge in [-0.1, -0.05) is 5.21 Å².